The van der Waals surface area contributed by atoms with Gasteiger partial charge in [-0.1, -0.05) is 31.9 Å². The number of carbonyl (C=O) groups excluding carboxylic acids is 1. The Bertz CT molecular complexity index is 284. The van der Waals surface area contributed by atoms with Gasteiger partial charge in [0.1, 0.15) is 6.26 Å². The fourth-order valence-electron chi connectivity index (χ4n) is 1.73. The molecule has 1 rings (SSSR count). The maximum Gasteiger partial charge on any atom is 0.412 e. The molecule has 0 aliphatic heterocycles. The number of nitrogens with one attached hydrogen (secondary N) is 1. The van der Waals surface area contributed by atoms with Gasteiger partial charge in [0.15, 0.2) is 0 Å². The molecule has 3 nitrogen and oxygen atoms in total. The summed E-state index contributed by atoms with van der Waals surface area (Å²) < 4.78 is 4.91. The van der Waals surface area contributed by atoms with Crippen LogP contribution in [0.4, 0.5) is 4.79 Å². The van der Waals surface area contributed by atoms with Crippen molar-refractivity contribution in [1.29, 1.82) is 0 Å². The summed E-state index contributed by atoms with van der Waals surface area (Å²) in [7, 11) is 0. The number of allylic oxidation sites excluding steroid dienone is 1. The van der Waals surface area contributed by atoms with Gasteiger partial charge in [-0.15, -0.1) is 0 Å². The molecule has 1 aliphatic rings. The molecule has 0 aromatic carbocycles. The Morgan fingerprint density at radius 2 is 2.12 bits per heavy atom. The molecule has 0 bridgehead atoms. The van der Waals surface area contributed by atoms with Crippen LogP contribution in [-0.2, 0) is 4.74 Å². The lowest BCUT2D eigenvalue weighted by molar-refractivity contribution is 0.177. The molecule has 0 unspecified atom stereocenters. The largest absolute Gasteiger partial charge is 0.412 e. The normalized spacial score (nSPS) is 16.1. The first-order valence-corrected chi connectivity index (χ1v) is 6.10. The van der Waals surface area contributed by atoms with E-state index in [1.165, 1.54) is 25.5 Å². The maximum atomic E-state index is 11.4. The fraction of sp³-hybridized carbons (Fsp3) is 0.692. The number of carbonyl (C=O) groups is 1. The van der Waals surface area contributed by atoms with Crippen molar-refractivity contribution < 1.29 is 9.53 Å². The Morgan fingerprint density at radius 3 is 2.75 bits per heavy atom. The molecular weight excluding hydrogens is 202 g/mol. The number of amides is 1. The van der Waals surface area contributed by atoms with Gasteiger partial charge >= 0.3 is 6.09 Å². The highest BCUT2D eigenvalue weighted by Crippen LogP contribution is 2.17. The predicted molar refractivity (Wildman–Crippen MR) is 64.1 cm³/mol. The van der Waals surface area contributed by atoms with Gasteiger partial charge in [-0.3, -0.25) is 0 Å². The summed E-state index contributed by atoms with van der Waals surface area (Å²) >= 11 is 0. The molecule has 3 heteroatoms. The Hall–Kier alpha value is -1.21. The first-order valence-electron chi connectivity index (χ1n) is 6.10. The Balaban J connectivity index is 2.27. The van der Waals surface area contributed by atoms with Crippen LogP contribution in [0.3, 0.4) is 0 Å². The minimum Gasteiger partial charge on any atom is -0.410 e. The summed E-state index contributed by atoms with van der Waals surface area (Å²) in [6.45, 7) is 4.00. The number of hydrogen-bond acceptors (Lipinski definition) is 2. The van der Waals surface area contributed by atoms with E-state index in [1.54, 1.807) is 0 Å². The van der Waals surface area contributed by atoms with Crippen LogP contribution in [-0.4, -0.2) is 12.1 Å². The molecule has 0 heterocycles. The molecule has 1 amide bonds. The average molecular weight is 223 g/mol. The van der Waals surface area contributed by atoms with Crippen LogP contribution in [0.1, 0.15) is 52.4 Å². The number of hydrogen-bond donors (Lipinski definition) is 1. The number of ether oxygens (including phenoxy) is 1. The lowest BCUT2D eigenvalue weighted by atomic mass is 9.96. The quantitative estimate of drug-likeness (QED) is 0.587. The Labute approximate surface area is 97.6 Å². The molecular formula is C13H21NO2. The predicted octanol–water partition coefficient (Wildman–Crippen LogP) is 3.51. The summed E-state index contributed by atoms with van der Waals surface area (Å²) in [5.74, 6) is 0. The van der Waals surface area contributed by atoms with Crippen molar-refractivity contribution in [3.05, 3.63) is 17.6 Å². The van der Waals surface area contributed by atoms with E-state index < -0.39 is 0 Å². The summed E-state index contributed by atoms with van der Waals surface area (Å²) in [5, 5.41) is 2.87. The lowest BCUT2D eigenvalue weighted by Gasteiger charge is -2.21. The van der Waals surface area contributed by atoms with Gasteiger partial charge in [0.2, 0.25) is 0 Å². The van der Waals surface area contributed by atoms with E-state index in [1.807, 2.05) is 13.8 Å². The maximum absolute atomic E-state index is 11.4. The number of rotatable bonds is 3. The molecule has 0 aromatic rings. The van der Waals surface area contributed by atoms with Crippen molar-refractivity contribution in [3.63, 3.8) is 0 Å². The van der Waals surface area contributed by atoms with E-state index in [9.17, 15) is 4.79 Å². The van der Waals surface area contributed by atoms with Crippen molar-refractivity contribution in [2.45, 2.75) is 58.4 Å². The molecule has 0 saturated heterocycles. The van der Waals surface area contributed by atoms with Crippen LogP contribution >= 0.6 is 0 Å². The average Bonchev–Trinajstić information content (AvgIpc) is 2.30. The first kappa shape index (κ1) is 12.9. The van der Waals surface area contributed by atoms with Gasteiger partial charge in [0.05, 0.1) is 0 Å². The second-order valence-corrected chi connectivity index (χ2v) is 4.28. The second-order valence-electron chi connectivity index (χ2n) is 4.28. The van der Waals surface area contributed by atoms with Gasteiger partial charge in [-0.2, -0.15) is 0 Å². The fourth-order valence-corrected chi connectivity index (χ4v) is 1.73. The summed E-state index contributed by atoms with van der Waals surface area (Å²) in [5.41, 5.74) is 3.98. The third kappa shape index (κ3) is 5.04. The van der Waals surface area contributed by atoms with E-state index in [4.69, 9.17) is 4.74 Å². The highest BCUT2D eigenvalue weighted by Gasteiger charge is 2.15. The second kappa shape index (κ2) is 7.13. The molecule has 0 atom stereocenters. The lowest BCUT2D eigenvalue weighted by Crippen LogP contribution is -2.35. The van der Waals surface area contributed by atoms with Gasteiger partial charge < -0.3 is 10.1 Å². The smallest absolute Gasteiger partial charge is 0.410 e. The SMILES string of the molecule is CCC(C)=C=COC(=O)NC1CCCCC1. The van der Waals surface area contributed by atoms with Crippen molar-refractivity contribution in [1.82, 2.24) is 5.32 Å². The van der Waals surface area contributed by atoms with Gasteiger partial charge in [0, 0.05) is 6.04 Å². The third-order valence-corrected chi connectivity index (χ3v) is 2.93. The zero-order chi connectivity index (χ0) is 11.8. The molecule has 1 fully saturated rings. The van der Waals surface area contributed by atoms with Crippen LogP contribution in [0.25, 0.3) is 0 Å². The molecule has 1 aliphatic carbocycles. The van der Waals surface area contributed by atoms with Crippen LogP contribution in [0.2, 0.25) is 0 Å². The summed E-state index contributed by atoms with van der Waals surface area (Å²) in [6.07, 6.45) is 7.74. The molecule has 0 radical (unpaired) electrons. The highest BCUT2D eigenvalue weighted by atomic mass is 16.5. The molecule has 16 heavy (non-hydrogen) atoms. The van der Waals surface area contributed by atoms with Gasteiger partial charge in [-0.25, -0.2) is 4.79 Å². The van der Waals surface area contributed by atoms with Crippen LogP contribution in [0, 0.1) is 0 Å². The molecule has 1 N–H and O–H groups in total. The zero-order valence-electron chi connectivity index (χ0n) is 10.2. The van der Waals surface area contributed by atoms with Crippen LogP contribution < -0.4 is 5.32 Å². The van der Waals surface area contributed by atoms with E-state index in [2.05, 4.69) is 11.0 Å². The van der Waals surface area contributed by atoms with Gasteiger partial charge in [0.25, 0.3) is 0 Å². The number of alkyl carbamates (subject to hydrolysis) is 1. The molecule has 0 aromatic heterocycles. The van der Waals surface area contributed by atoms with E-state index in [-0.39, 0.29) is 6.09 Å². The van der Waals surface area contributed by atoms with E-state index >= 15 is 0 Å². The molecule has 1 saturated carbocycles. The monoisotopic (exact) mass is 223 g/mol. The van der Waals surface area contributed by atoms with Crippen LogP contribution in [0.5, 0.6) is 0 Å². The zero-order valence-corrected chi connectivity index (χ0v) is 10.2. The Morgan fingerprint density at radius 1 is 1.44 bits per heavy atom. The first-order chi connectivity index (χ1) is 7.72. The third-order valence-electron chi connectivity index (χ3n) is 2.93. The molecule has 0 spiro atoms. The standard InChI is InChI=1S/C13H21NO2/c1-3-11(2)9-10-16-13(15)14-12-7-5-4-6-8-12/h10,12H,3-8H2,1-2H3,(H,14,15). The summed E-state index contributed by atoms with van der Waals surface area (Å²) in [6, 6.07) is 0.297. The van der Waals surface area contributed by atoms with E-state index in [0.29, 0.717) is 6.04 Å². The van der Waals surface area contributed by atoms with Crippen molar-refractivity contribution in [3.8, 4) is 0 Å². The Kier molecular flexibility index (Phi) is 5.73. The van der Waals surface area contributed by atoms with Crippen molar-refractivity contribution >= 4 is 6.09 Å². The van der Waals surface area contributed by atoms with Gasteiger partial charge in [-0.05, 0) is 31.8 Å². The van der Waals surface area contributed by atoms with Crippen molar-refractivity contribution in [2.75, 3.05) is 0 Å². The molecule has 90 valence electrons. The van der Waals surface area contributed by atoms with E-state index in [0.717, 1.165) is 24.8 Å². The minimum absolute atomic E-state index is 0.297. The minimum atomic E-state index is -0.358. The van der Waals surface area contributed by atoms with Crippen molar-refractivity contribution in [2.24, 2.45) is 0 Å². The topological polar surface area (TPSA) is 38.3 Å². The van der Waals surface area contributed by atoms with Crippen LogP contribution in [0.15, 0.2) is 17.6 Å². The highest BCUT2D eigenvalue weighted by molar-refractivity contribution is 5.68. The summed E-state index contributed by atoms with van der Waals surface area (Å²) in [4.78, 5) is 11.4.